The summed E-state index contributed by atoms with van der Waals surface area (Å²) in [5, 5.41) is 5.40. The van der Waals surface area contributed by atoms with Crippen molar-refractivity contribution < 1.29 is 22.7 Å². The van der Waals surface area contributed by atoms with E-state index in [4.69, 9.17) is 16.3 Å². The summed E-state index contributed by atoms with van der Waals surface area (Å²) in [6, 6.07) is 15.5. The van der Waals surface area contributed by atoms with E-state index in [0.717, 1.165) is 5.56 Å². The van der Waals surface area contributed by atoms with Crippen LogP contribution in [-0.4, -0.2) is 27.3 Å². The lowest BCUT2D eigenvalue weighted by molar-refractivity contribution is -0.114. The van der Waals surface area contributed by atoms with E-state index in [1.165, 1.54) is 50.4 Å². The lowest BCUT2D eigenvalue weighted by atomic mass is 10.1. The first-order chi connectivity index (χ1) is 15.6. The van der Waals surface area contributed by atoms with Crippen LogP contribution in [0.3, 0.4) is 0 Å². The van der Waals surface area contributed by atoms with Gasteiger partial charge in [0, 0.05) is 24.4 Å². The highest BCUT2D eigenvalue weighted by molar-refractivity contribution is 7.92. The zero-order chi connectivity index (χ0) is 24.2. The largest absolute Gasteiger partial charge is 0.496 e. The molecule has 0 atom stereocenters. The zero-order valence-electron chi connectivity index (χ0n) is 18.1. The van der Waals surface area contributed by atoms with Crippen LogP contribution in [0.15, 0.2) is 65.6 Å². The summed E-state index contributed by atoms with van der Waals surface area (Å²) in [6.45, 7) is 3.25. The van der Waals surface area contributed by atoms with Crippen molar-refractivity contribution in [3.8, 4) is 5.75 Å². The normalized spacial score (nSPS) is 10.9. The van der Waals surface area contributed by atoms with Crippen LogP contribution in [-0.2, 0) is 14.8 Å². The molecule has 8 nitrogen and oxygen atoms in total. The Labute approximate surface area is 197 Å². The molecule has 10 heteroatoms. The molecule has 0 saturated carbocycles. The predicted octanol–water partition coefficient (Wildman–Crippen LogP) is 4.67. The summed E-state index contributed by atoms with van der Waals surface area (Å²) in [7, 11) is -2.40. The number of amides is 2. The van der Waals surface area contributed by atoms with E-state index in [9.17, 15) is 18.0 Å². The third-order valence-corrected chi connectivity index (χ3v) is 6.28. The van der Waals surface area contributed by atoms with E-state index in [-0.39, 0.29) is 27.1 Å². The summed E-state index contributed by atoms with van der Waals surface area (Å²) >= 11 is 6.17. The first-order valence-electron chi connectivity index (χ1n) is 9.75. The predicted molar refractivity (Wildman–Crippen MR) is 129 cm³/mol. The van der Waals surface area contributed by atoms with Crippen LogP contribution in [0.4, 0.5) is 17.1 Å². The molecule has 0 saturated heterocycles. The maximum Gasteiger partial charge on any atom is 0.261 e. The van der Waals surface area contributed by atoms with Gasteiger partial charge in [0.1, 0.15) is 5.75 Å². The Morgan fingerprint density at radius 1 is 0.909 bits per heavy atom. The number of rotatable bonds is 7. The number of ether oxygens (including phenoxy) is 1. The van der Waals surface area contributed by atoms with Crippen LogP contribution in [0.2, 0.25) is 5.02 Å². The van der Waals surface area contributed by atoms with Gasteiger partial charge in [0.05, 0.1) is 28.3 Å². The fourth-order valence-corrected chi connectivity index (χ4v) is 4.21. The monoisotopic (exact) mass is 487 g/mol. The molecule has 0 aliphatic heterocycles. The topological polar surface area (TPSA) is 114 Å². The molecule has 0 unspecified atom stereocenters. The second-order valence-corrected chi connectivity index (χ2v) is 9.25. The van der Waals surface area contributed by atoms with Crippen LogP contribution >= 0.6 is 11.6 Å². The Morgan fingerprint density at radius 2 is 1.52 bits per heavy atom. The van der Waals surface area contributed by atoms with Gasteiger partial charge >= 0.3 is 0 Å². The number of benzene rings is 3. The summed E-state index contributed by atoms with van der Waals surface area (Å²) < 4.78 is 33.0. The molecule has 0 bridgehead atoms. The molecule has 3 aromatic carbocycles. The number of nitrogens with one attached hydrogen (secondary N) is 3. The smallest absolute Gasteiger partial charge is 0.261 e. The molecular formula is C23H22ClN3O5S. The minimum absolute atomic E-state index is 0.0429. The number of carbonyl (C=O) groups is 2. The second kappa shape index (κ2) is 9.93. The standard InChI is InChI=1S/C23H22ClN3O5S/c1-14-4-6-17(7-5-14)27-33(30,31)18-10-8-16(9-11-18)26-23(29)19-12-20(24)21(25-15(2)28)13-22(19)32-3/h4-13,27H,1-3H3,(H,25,28)(H,26,29). The third kappa shape index (κ3) is 6.03. The van der Waals surface area contributed by atoms with Crippen LogP contribution in [0.25, 0.3) is 0 Å². The Kier molecular flexibility index (Phi) is 7.25. The van der Waals surface area contributed by atoms with Crippen molar-refractivity contribution in [2.45, 2.75) is 18.7 Å². The fourth-order valence-electron chi connectivity index (χ4n) is 2.94. The zero-order valence-corrected chi connectivity index (χ0v) is 19.7. The summed E-state index contributed by atoms with van der Waals surface area (Å²) in [5.41, 5.74) is 2.30. The van der Waals surface area contributed by atoms with Crippen molar-refractivity contribution >= 4 is 50.5 Å². The van der Waals surface area contributed by atoms with Gasteiger partial charge in [0.25, 0.3) is 15.9 Å². The molecular weight excluding hydrogens is 466 g/mol. The van der Waals surface area contributed by atoms with Crippen LogP contribution in [0, 0.1) is 6.92 Å². The number of halogens is 1. The Hall–Kier alpha value is -3.56. The van der Waals surface area contributed by atoms with E-state index in [1.807, 2.05) is 6.92 Å². The first kappa shape index (κ1) is 24.1. The molecule has 3 rings (SSSR count). The highest BCUT2D eigenvalue weighted by atomic mass is 35.5. The number of hydrogen-bond acceptors (Lipinski definition) is 5. The SMILES string of the molecule is COc1cc(NC(C)=O)c(Cl)cc1C(=O)Nc1ccc(S(=O)(=O)Nc2ccc(C)cc2)cc1. The molecule has 0 heterocycles. The van der Waals surface area contributed by atoms with Crippen LogP contribution in [0.5, 0.6) is 5.75 Å². The van der Waals surface area contributed by atoms with Crippen molar-refractivity contribution in [1.82, 2.24) is 0 Å². The van der Waals surface area contributed by atoms with Crippen LogP contribution in [0.1, 0.15) is 22.8 Å². The van der Waals surface area contributed by atoms with Gasteiger partial charge < -0.3 is 15.4 Å². The third-order valence-electron chi connectivity index (χ3n) is 4.57. The summed E-state index contributed by atoms with van der Waals surface area (Å²) in [4.78, 5) is 24.1. The maximum atomic E-state index is 12.8. The second-order valence-electron chi connectivity index (χ2n) is 7.16. The highest BCUT2D eigenvalue weighted by Gasteiger charge is 2.18. The fraction of sp³-hybridized carbons (Fsp3) is 0.130. The van der Waals surface area contributed by atoms with Gasteiger partial charge in [-0.05, 0) is 49.4 Å². The average Bonchev–Trinajstić information content (AvgIpc) is 2.76. The van der Waals surface area contributed by atoms with E-state index < -0.39 is 15.9 Å². The number of hydrogen-bond donors (Lipinski definition) is 3. The van der Waals surface area contributed by atoms with E-state index in [1.54, 1.807) is 24.3 Å². The average molecular weight is 488 g/mol. The molecule has 0 aromatic heterocycles. The van der Waals surface area contributed by atoms with Gasteiger partial charge in [-0.25, -0.2) is 8.42 Å². The Balaban J connectivity index is 1.77. The van der Waals surface area contributed by atoms with Crippen molar-refractivity contribution in [2.75, 3.05) is 22.5 Å². The number of sulfonamides is 1. The lowest BCUT2D eigenvalue weighted by Gasteiger charge is -2.13. The molecule has 172 valence electrons. The number of anilines is 3. The van der Waals surface area contributed by atoms with E-state index in [0.29, 0.717) is 17.1 Å². The molecule has 3 N–H and O–H groups in total. The molecule has 0 aliphatic carbocycles. The Bertz CT molecular complexity index is 1290. The van der Waals surface area contributed by atoms with Gasteiger partial charge in [-0.15, -0.1) is 0 Å². The quantitative estimate of drug-likeness (QED) is 0.448. The van der Waals surface area contributed by atoms with Gasteiger partial charge in [0.15, 0.2) is 0 Å². The van der Waals surface area contributed by atoms with E-state index >= 15 is 0 Å². The minimum atomic E-state index is -3.79. The van der Waals surface area contributed by atoms with Crippen molar-refractivity contribution in [1.29, 1.82) is 0 Å². The van der Waals surface area contributed by atoms with Gasteiger partial charge in [-0.1, -0.05) is 29.3 Å². The maximum absolute atomic E-state index is 12.8. The number of aryl methyl sites for hydroxylation is 1. The van der Waals surface area contributed by atoms with Gasteiger partial charge in [0.2, 0.25) is 5.91 Å². The molecule has 2 amide bonds. The number of methoxy groups -OCH3 is 1. The van der Waals surface area contributed by atoms with Crippen molar-refractivity contribution in [3.63, 3.8) is 0 Å². The molecule has 0 radical (unpaired) electrons. The molecule has 3 aromatic rings. The highest BCUT2D eigenvalue weighted by Crippen LogP contribution is 2.31. The molecule has 0 spiro atoms. The number of carbonyl (C=O) groups excluding carboxylic acids is 2. The summed E-state index contributed by atoms with van der Waals surface area (Å²) in [6.07, 6.45) is 0. The molecule has 0 aliphatic rings. The lowest BCUT2D eigenvalue weighted by Crippen LogP contribution is -2.15. The first-order valence-corrected chi connectivity index (χ1v) is 11.6. The van der Waals surface area contributed by atoms with E-state index in [2.05, 4.69) is 15.4 Å². The Morgan fingerprint density at radius 3 is 2.09 bits per heavy atom. The van der Waals surface area contributed by atoms with Crippen molar-refractivity contribution in [3.05, 3.63) is 76.8 Å². The van der Waals surface area contributed by atoms with Crippen LogP contribution < -0.4 is 20.1 Å². The molecule has 0 fully saturated rings. The summed E-state index contributed by atoms with van der Waals surface area (Å²) in [5.74, 6) is -0.623. The van der Waals surface area contributed by atoms with Crippen molar-refractivity contribution in [2.24, 2.45) is 0 Å². The minimum Gasteiger partial charge on any atom is -0.496 e. The van der Waals surface area contributed by atoms with Gasteiger partial charge in [-0.2, -0.15) is 0 Å². The van der Waals surface area contributed by atoms with Gasteiger partial charge in [-0.3, -0.25) is 14.3 Å². The molecule has 33 heavy (non-hydrogen) atoms.